The van der Waals surface area contributed by atoms with Crippen molar-refractivity contribution in [1.82, 2.24) is 15.4 Å². The molecule has 1 fully saturated rings. The van der Waals surface area contributed by atoms with E-state index in [1.165, 1.54) is 12.2 Å². The summed E-state index contributed by atoms with van der Waals surface area (Å²) in [6.07, 6.45) is 4.32. The van der Waals surface area contributed by atoms with Crippen LogP contribution in [0.2, 0.25) is 0 Å². The number of hydrogen-bond acceptors (Lipinski definition) is 6. The zero-order chi connectivity index (χ0) is 15.7. The summed E-state index contributed by atoms with van der Waals surface area (Å²) in [4.78, 5) is 22.4. The molecule has 1 rings (SSSR count). The van der Waals surface area contributed by atoms with Crippen LogP contribution in [0.4, 0.5) is 4.79 Å². The highest BCUT2D eigenvalue weighted by Gasteiger charge is 2.15. The fraction of sp³-hybridized carbons (Fsp3) is 0.800. The minimum absolute atomic E-state index is 0.446. The summed E-state index contributed by atoms with van der Waals surface area (Å²) < 4.78 is 22.7. The zero-order valence-electron chi connectivity index (χ0n) is 11.5. The van der Waals surface area contributed by atoms with Gasteiger partial charge in [0.25, 0.3) is 16.1 Å². The smallest absolute Gasteiger partial charge is 0.315 e. The molecule has 0 aromatic rings. The summed E-state index contributed by atoms with van der Waals surface area (Å²) in [5.41, 5.74) is 0. The van der Waals surface area contributed by atoms with Crippen molar-refractivity contribution in [3.05, 3.63) is 0 Å². The van der Waals surface area contributed by atoms with Gasteiger partial charge in [0.2, 0.25) is 0 Å². The number of urea groups is 1. The number of unbranched alkanes of at least 4 members (excludes halogenated alkanes) is 1. The first kappa shape index (κ1) is 18.4. The molecule has 1 aliphatic heterocycles. The van der Waals surface area contributed by atoms with Crippen LogP contribution in [0.3, 0.4) is 0 Å². The van der Waals surface area contributed by atoms with Gasteiger partial charge in [0.05, 0.1) is 6.54 Å². The Balaban J connectivity index is 1.99. The Morgan fingerprint density at radius 2 is 2.00 bits per heavy atom. The van der Waals surface area contributed by atoms with Crippen molar-refractivity contribution in [2.45, 2.75) is 30.9 Å². The molecule has 0 aliphatic carbocycles. The van der Waals surface area contributed by atoms with Gasteiger partial charge in [-0.3, -0.25) is 4.79 Å². The molecule has 1 atom stereocenters. The van der Waals surface area contributed by atoms with Crippen molar-refractivity contribution in [1.29, 1.82) is 0 Å². The van der Waals surface area contributed by atoms with E-state index in [0.29, 0.717) is 6.54 Å². The average Bonchev–Trinajstić information content (AvgIpc) is 2.87. The van der Waals surface area contributed by atoms with Crippen molar-refractivity contribution in [3.63, 3.8) is 0 Å². The number of carbonyl (C=O) groups excluding carboxylic acids is 2. The van der Waals surface area contributed by atoms with E-state index in [0.717, 1.165) is 24.5 Å². The van der Waals surface area contributed by atoms with Crippen LogP contribution in [0, 0.1) is 0 Å². The number of rotatable bonds is 8. The largest absolute Gasteiger partial charge is 0.338 e. The van der Waals surface area contributed by atoms with Gasteiger partial charge in [-0.25, -0.2) is 14.7 Å². The molecule has 11 heteroatoms. The van der Waals surface area contributed by atoms with Gasteiger partial charge < -0.3 is 10.6 Å². The molecule has 1 aliphatic rings. The van der Waals surface area contributed by atoms with Gasteiger partial charge in [0, 0.05) is 17.5 Å². The summed E-state index contributed by atoms with van der Waals surface area (Å²) in [5, 5.41) is 10.2. The lowest BCUT2D eigenvalue weighted by Crippen LogP contribution is -2.45. The fourth-order valence-corrected chi connectivity index (χ4v) is 5.10. The third kappa shape index (κ3) is 9.82. The van der Waals surface area contributed by atoms with E-state index in [1.54, 1.807) is 4.72 Å². The maximum atomic E-state index is 11.3. The highest BCUT2D eigenvalue weighted by Crippen LogP contribution is 2.39. The Labute approximate surface area is 132 Å². The summed E-state index contributed by atoms with van der Waals surface area (Å²) in [6, 6.07) is -0.509. The molecule has 0 aromatic carbocycles. The molecule has 0 saturated carbocycles. The molecular weight excluding hydrogens is 336 g/mol. The van der Waals surface area contributed by atoms with Crippen molar-refractivity contribution in [2.24, 2.45) is 5.14 Å². The van der Waals surface area contributed by atoms with Gasteiger partial charge in [-0.2, -0.15) is 8.42 Å². The van der Waals surface area contributed by atoms with E-state index < -0.39 is 28.7 Å². The van der Waals surface area contributed by atoms with Crippen LogP contribution in [0.25, 0.3) is 0 Å². The number of nitrogens with one attached hydrogen (secondary N) is 3. The summed E-state index contributed by atoms with van der Waals surface area (Å²) in [5.74, 6) is 0.333. The molecule has 21 heavy (non-hydrogen) atoms. The van der Waals surface area contributed by atoms with Gasteiger partial charge in [-0.05, 0) is 19.3 Å². The van der Waals surface area contributed by atoms with Crippen molar-refractivity contribution >= 4 is 43.7 Å². The van der Waals surface area contributed by atoms with Crippen LogP contribution >= 0.6 is 21.6 Å². The quantitative estimate of drug-likeness (QED) is 0.356. The van der Waals surface area contributed by atoms with Gasteiger partial charge in [-0.1, -0.05) is 28.0 Å². The third-order valence-electron chi connectivity index (χ3n) is 2.63. The molecule has 1 saturated heterocycles. The van der Waals surface area contributed by atoms with Crippen LogP contribution < -0.4 is 20.5 Å². The molecular formula is C10H20N4O4S3. The average molecular weight is 356 g/mol. The molecule has 0 aromatic heterocycles. The fourth-order valence-electron chi connectivity index (χ4n) is 1.68. The standard InChI is InChI=1S/C10H20N4O4S3/c11-21(17,18)14-9(15)7-13-10(16)12-5-2-1-3-8-4-6-19-20-8/h8H,1-7H2,(H,14,15)(H2,11,17,18)(H2,12,13,16). The lowest BCUT2D eigenvalue weighted by Gasteiger charge is -2.09. The van der Waals surface area contributed by atoms with Gasteiger partial charge >= 0.3 is 6.03 Å². The van der Waals surface area contributed by atoms with E-state index in [9.17, 15) is 18.0 Å². The molecule has 0 bridgehead atoms. The molecule has 1 unspecified atom stereocenters. The van der Waals surface area contributed by atoms with Crippen molar-refractivity contribution < 1.29 is 18.0 Å². The topological polar surface area (TPSA) is 130 Å². The van der Waals surface area contributed by atoms with E-state index in [-0.39, 0.29) is 0 Å². The first-order chi connectivity index (χ1) is 9.87. The molecule has 5 N–H and O–H groups in total. The minimum Gasteiger partial charge on any atom is -0.338 e. The van der Waals surface area contributed by atoms with Crippen LogP contribution in [0.5, 0.6) is 0 Å². The van der Waals surface area contributed by atoms with E-state index >= 15 is 0 Å². The molecule has 0 radical (unpaired) electrons. The number of carbonyl (C=O) groups is 2. The third-order valence-corrected chi connectivity index (χ3v) is 6.15. The normalized spacial score (nSPS) is 18.2. The first-order valence-corrected chi connectivity index (χ1v) is 10.4. The number of nitrogens with two attached hydrogens (primary N) is 1. The van der Waals surface area contributed by atoms with Crippen molar-refractivity contribution in [2.75, 3.05) is 18.8 Å². The lowest BCUT2D eigenvalue weighted by molar-refractivity contribution is -0.118. The summed E-state index contributed by atoms with van der Waals surface area (Å²) >= 11 is 0. The second-order valence-electron chi connectivity index (χ2n) is 4.50. The van der Waals surface area contributed by atoms with Gasteiger partial charge in [0.15, 0.2) is 0 Å². The predicted octanol–water partition coefficient (Wildman–Crippen LogP) is -0.0707. The Morgan fingerprint density at radius 1 is 1.24 bits per heavy atom. The maximum absolute atomic E-state index is 11.3. The monoisotopic (exact) mass is 356 g/mol. The highest BCUT2D eigenvalue weighted by atomic mass is 33.1. The van der Waals surface area contributed by atoms with Crippen LogP contribution in [0.15, 0.2) is 0 Å². The zero-order valence-corrected chi connectivity index (χ0v) is 13.9. The minimum atomic E-state index is -4.08. The van der Waals surface area contributed by atoms with Crippen LogP contribution in [0.1, 0.15) is 25.7 Å². The van der Waals surface area contributed by atoms with Crippen LogP contribution in [-0.4, -0.2) is 44.4 Å². The molecule has 0 spiro atoms. The Morgan fingerprint density at radius 3 is 2.62 bits per heavy atom. The highest BCUT2D eigenvalue weighted by molar-refractivity contribution is 8.77. The Bertz CT molecular complexity index is 451. The van der Waals surface area contributed by atoms with Gasteiger partial charge in [-0.15, -0.1) is 0 Å². The molecule has 8 nitrogen and oxygen atoms in total. The predicted molar refractivity (Wildman–Crippen MR) is 85.0 cm³/mol. The molecule has 1 heterocycles. The van der Waals surface area contributed by atoms with E-state index in [1.807, 2.05) is 21.6 Å². The van der Waals surface area contributed by atoms with E-state index in [4.69, 9.17) is 0 Å². The number of hydrogen-bond donors (Lipinski definition) is 4. The molecule has 3 amide bonds. The number of amides is 3. The second-order valence-corrected chi connectivity index (χ2v) is 8.59. The maximum Gasteiger partial charge on any atom is 0.315 e. The molecule has 122 valence electrons. The van der Waals surface area contributed by atoms with Gasteiger partial charge in [0.1, 0.15) is 0 Å². The Kier molecular flexibility index (Phi) is 8.22. The SMILES string of the molecule is NS(=O)(=O)NC(=O)CNC(=O)NCCCCC1CCSS1. The first-order valence-electron chi connectivity index (χ1n) is 6.50. The lowest BCUT2D eigenvalue weighted by atomic mass is 10.1. The Hall–Kier alpha value is -0.650. The summed E-state index contributed by atoms with van der Waals surface area (Å²) in [7, 11) is -0.232. The van der Waals surface area contributed by atoms with Crippen molar-refractivity contribution in [3.8, 4) is 0 Å². The summed E-state index contributed by atoms with van der Waals surface area (Å²) in [6.45, 7) is 0.0748. The van der Waals surface area contributed by atoms with E-state index in [2.05, 4.69) is 15.8 Å². The van der Waals surface area contributed by atoms with Crippen LogP contribution in [-0.2, 0) is 15.0 Å². The second kappa shape index (κ2) is 9.38.